The van der Waals surface area contributed by atoms with E-state index in [-0.39, 0.29) is 0 Å². The number of amides is 1. The minimum atomic E-state index is -0.421. The number of anilines is 2. The summed E-state index contributed by atoms with van der Waals surface area (Å²) in [5.41, 5.74) is 10.0. The van der Waals surface area contributed by atoms with Crippen molar-refractivity contribution >= 4 is 23.1 Å². The van der Waals surface area contributed by atoms with E-state index in [0.29, 0.717) is 23.7 Å². The third-order valence-electron chi connectivity index (χ3n) is 7.83. The van der Waals surface area contributed by atoms with Crippen molar-refractivity contribution in [2.75, 3.05) is 23.3 Å². The van der Waals surface area contributed by atoms with E-state index in [2.05, 4.69) is 48.9 Å². The number of carbonyl (C=O) groups is 1. The third-order valence-corrected chi connectivity index (χ3v) is 7.83. The standard InChI is InChI=1S/C29H34N8O/c30-29(38)22-6-3-5-20(15-22)21-12-13-31-27(16-21)35-26-9-2-1-8-25(26)34-23-7-4-14-36(17-23)24-10-11-28-32-19-33-37(28)18-24/h3,5-6,10-13,15-16,18-19,23,25-26,34H,1-2,4,7-9,14,17H2,(H2,30,38)(H,31,35). The van der Waals surface area contributed by atoms with Gasteiger partial charge in [-0.15, -0.1) is 0 Å². The number of hydrogen-bond donors (Lipinski definition) is 3. The van der Waals surface area contributed by atoms with Gasteiger partial charge in [-0.1, -0.05) is 25.0 Å². The number of piperidine rings is 1. The number of nitrogens with zero attached hydrogens (tertiary/aromatic N) is 5. The molecule has 0 bridgehead atoms. The Kier molecular flexibility index (Phi) is 6.92. The Morgan fingerprint density at radius 3 is 2.71 bits per heavy atom. The summed E-state index contributed by atoms with van der Waals surface area (Å²) >= 11 is 0. The fourth-order valence-corrected chi connectivity index (χ4v) is 5.88. The van der Waals surface area contributed by atoms with Crippen LogP contribution in [0.25, 0.3) is 16.8 Å². The highest BCUT2D eigenvalue weighted by Crippen LogP contribution is 2.27. The first-order valence-corrected chi connectivity index (χ1v) is 13.6. The van der Waals surface area contributed by atoms with E-state index in [0.717, 1.165) is 54.9 Å². The quantitative estimate of drug-likeness (QED) is 0.346. The maximum Gasteiger partial charge on any atom is 0.248 e. The third kappa shape index (κ3) is 5.33. The molecule has 0 spiro atoms. The van der Waals surface area contributed by atoms with E-state index in [1.807, 2.05) is 41.0 Å². The molecule has 38 heavy (non-hydrogen) atoms. The van der Waals surface area contributed by atoms with Gasteiger partial charge in [0, 0.05) is 43.0 Å². The predicted molar refractivity (Wildman–Crippen MR) is 149 cm³/mol. The molecule has 3 aromatic heterocycles. The number of fused-ring (bicyclic) bond motifs is 1. The van der Waals surface area contributed by atoms with Gasteiger partial charge < -0.3 is 21.3 Å². The van der Waals surface area contributed by atoms with Crippen molar-refractivity contribution in [1.82, 2.24) is 24.9 Å². The maximum absolute atomic E-state index is 11.6. The summed E-state index contributed by atoms with van der Waals surface area (Å²) in [7, 11) is 0. The predicted octanol–water partition coefficient (Wildman–Crippen LogP) is 3.87. The van der Waals surface area contributed by atoms with E-state index < -0.39 is 5.91 Å². The monoisotopic (exact) mass is 510 g/mol. The summed E-state index contributed by atoms with van der Waals surface area (Å²) in [5, 5.41) is 12.0. The van der Waals surface area contributed by atoms with Crippen LogP contribution in [0.15, 0.2) is 67.3 Å². The summed E-state index contributed by atoms with van der Waals surface area (Å²) in [6, 6.07) is 16.8. The van der Waals surface area contributed by atoms with Crippen molar-refractivity contribution < 1.29 is 4.79 Å². The van der Waals surface area contributed by atoms with Gasteiger partial charge in [0.15, 0.2) is 5.65 Å². The van der Waals surface area contributed by atoms with Crippen LogP contribution in [0.4, 0.5) is 11.5 Å². The fraction of sp³-hybridized carbons (Fsp3) is 0.379. The number of hydrogen-bond acceptors (Lipinski definition) is 7. The van der Waals surface area contributed by atoms with Crippen LogP contribution in [-0.4, -0.2) is 56.7 Å². The molecule has 2 aliphatic rings. The first-order valence-electron chi connectivity index (χ1n) is 13.6. The number of nitrogens with two attached hydrogens (primary N) is 1. The smallest absolute Gasteiger partial charge is 0.248 e. The summed E-state index contributed by atoms with van der Waals surface area (Å²) in [6.45, 7) is 2.03. The zero-order valence-electron chi connectivity index (χ0n) is 21.5. The summed E-state index contributed by atoms with van der Waals surface area (Å²) < 4.78 is 1.85. The van der Waals surface area contributed by atoms with Crippen molar-refractivity contribution in [3.05, 3.63) is 72.8 Å². The molecule has 2 fully saturated rings. The second-order valence-electron chi connectivity index (χ2n) is 10.4. The summed E-state index contributed by atoms with van der Waals surface area (Å²) in [4.78, 5) is 23.0. The van der Waals surface area contributed by atoms with E-state index in [9.17, 15) is 4.79 Å². The summed E-state index contributed by atoms with van der Waals surface area (Å²) in [5.74, 6) is 0.438. The molecule has 196 valence electrons. The van der Waals surface area contributed by atoms with Crippen molar-refractivity contribution in [3.63, 3.8) is 0 Å². The van der Waals surface area contributed by atoms with Gasteiger partial charge in [-0.3, -0.25) is 4.79 Å². The number of aromatic nitrogens is 4. The molecule has 1 saturated heterocycles. The van der Waals surface area contributed by atoms with Crippen LogP contribution in [-0.2, 0) is 0 Å². The molecule has 1 aliphatic carbocycles. The topological polar surface area (TPSA) is 113 Å². The van der Waals surface area contributed by atoms with Gasteiger partial charge in [0.25, 0.3) is 0 Å². The molecule has 6 rings (SSSR count). The van der Waals surface area contributed by atoms with E-state index in [1.165, 1.54) is 24.9 Å². The van der Waals surface area contributed by atoms with Crippen LogP contribution in [0.5, 0.6) is 0 Å². The average molecular weight is 511 g/mol. The van der Waals surface area contributed by atoms with Gasteiger partial charge in [-0.2, -0.15) is 5.10 Å². The lowest BCUT2D eigenvalue weighted by Gasteiger charge is -2.40. The molecule has 1 aliphatic heterocycles. The van der Waals surface area contributed by atoms with Crippen LogP contribution in [0.1, 0.15) is 48.9 Å². The minimum Gasteiger partial charge on any atom is -0.369 e. The van der Waals surface area contributed by atoms with Crippen LogP contribution in [0, 0.1) is 0 Å². The van der Waals surface area contributed by atoms with Gasteiger partial charge >= 0.3 is 0 Å². The molecule has 1 saturated carbocycles. The van der Waals surface area contributed by atoms with Crippen LogP contribution in [0.3, 0.4) is 0 Å². The number of benzene rings is 1. The van der Waals surface area contributed by atoms with Crippen LogP contribution < -0.4 is 21.3 Å². The lowest BCUT2D eigenvalue weighted by Crippen LogP contribution is -2.55. The highest BCUT2D eigenvalue weighted by molar-refractivity contribution is 5.94. The van der Waals surface area contributed by atoms with Crippen molar-refractivity contribution in [1.29, 1.82) is 0 Å². The molecule has 3 unspecified atom stereocenters. The Balaban J connectivity index is 1.13. The molecule has 4 aromatic rings. The summed E-state index contributed by atoms with van der Waals surface area (Å²) in [6.07, 6.45) is 12.5. The Morgan fingerprint density at radius 2 is 1.82 bits per heavy atom. The number of carbonyl (C=O) groups excluding carboxylic acids is 1. The van der Waals surface area contributed by atoms with Crippen LogP contribution >= 0.6 is 0 Å². The van der Waals surface area contributed by atoms with E-state index >= 15 is 0 Å². The molecular weight excluding hydrogens is 476 g/mol. The zero-order chi connectivity index (χ0) is 25.9. The fourth-order valence-electron chi connectivity index (χ4n) is 5.88. The largest absolute Gasteiger partial charge is 0.369 e. The van der Waals surface area contributed by atoms with Crippen molar-refractivity contribution in [2.45, 2.75) is 56.7 Å². The Morgan fingerprint density at radius 1 is 0.947 bits per heavy atom. The highest BCUT2D eigenvalue weighted by atomic mass is 16.1. The van der Waals surface area contributed by atoms with Gasteiger partial charge in [0.1, 0.15) is 12.1 Å². The van der Waals surface area contributed by atoms with Gasteiger partial charge in [0.05, 0.1) is 11.9 Å². The molecule has 1 aromatic carbocycles. The Hall–Kier alpha value is -3.98. The maximum atomic E-state index is 11.6. The normalized spacial score (nSPS) is 21.9. The van der Waals surface area contributed by atoms with Crippen molar-refractivity contribution in [3.8, 4) is 11.1 Å². The second-order valence-corrected chi connectivity index (χ2v) is 10.4. The second kappa shape index (κ2) is 10.8. The highest BCUT2D eigenvalue weighted by Gasteiger charge is 2.29. The molecule has 3 atom stereocenters. The molecule has 4 heterocycles. The molecule has 1 amide bonds. The van der Waals surface area contributed by atoms with E-state index in [4.69, 9.17) is 5.73 Å². The number of rotatable bonds is 7. The lowest BCUT2D eigenvalue weighted by molar-refractivity contribution is 0.100. The molecule has 0 radical (unpaired) electrons. The first-order chi connectivity index (χ1) is 18.6. The average Bonchev–Trinajstić information content (AvgIpc) is 3.43. The number of pyridine rings is 2. The van der Waals surface area contributed by atoms with Crippen LogP contribution in [0.2, 0.25) is 0 Å². The minimum absolute atomic E-state index is 0.310. The zero-order valence-corrected chi connectivity index (χ0v) is 21.5. The molecule has 9 nitrogen and oxygen atoms in total. The Bertz CT molecular complexity index is 1420. The first kappa shape index (κ1) is 24.4. The lowest BCUT2D eigenvalue weighted by atomic mass is 9.89. The number of primary amides is 1. The van der Waals surface area contributed by atoms with Gasteiger partial charge in [0.2, 0.25) is 5.91 Å². The molecular formula is C29H34N8O. The van der Waals surface area contributed by atoms with Gasteiger partial charge in [-0.05, 0) is 73.2 Å². The van der Waals surface area contributed by atoms with E-state index in [1.54, 1.807) is 12.4 Å². The Labute approximate surface area is 222 Å². The van der Waals surface area contributed by atoms with Crippen molar-refractivity contribution in [2.24, 2.45) is 5.73 Å². The number of nitrogens with one attached hydrogen (secondary N) is 2. The molecule has 4 N–H and O–H groups in total. The SMILES string of the molecule is NC(=O)c1cccc(-c2ccnc(NC3CCCCC3NC3CCCN(c4ccc5ncnn5c4)C3)c2)c1. The molecule has 9 heteroatoms. The van der Waals surface area contributed by atoms with Gasteiger partial charge in [-0.25, -0.2) is 14.5 Å².